The second-order valence-electron chi connectivity index (χ2n) is 5.79. The van der Waals surface area contributed by atoms with Crippen molar-refractivity contribution in [2.75, 3.05) is 4.72 Å². The lowest BCUT2D eigenvalue weighted by Crippen LogP contribution is -2.14. The molecule has 7 heteroatoms. The highest BCUT2D eigenvalue weighted by Crippen LogP contribution is 2.36. The van der Waals surface area contributed by atoms with E-state index in [1.807, 2.05) is 30.3 Å². The number of thiophene rings is 1. The van der Waals surface area contributed by atoms with Gasteiger partial charge in [0.2, 0.25) is 0 Å². The van der Waals surface area contributed by atoms with Crippen molar-refractivity contribution in [1.82, 2.24) is 0 Å². The molecule has 0 fully saturated rings. The fourth-order valence-corrected chi connectivity index (χ4v) is 4.83. The Morgan fingerprint density at radius 2 is 1.77 bits per heavy atom. The molecule has 1 aromatic heterocycles. The Balaban J connectivity index is 2.02. The van der Waals surface area contributed by atoms with Crippen LogP contribution in [-0.4, -0.2) is 14.2 Å². The summed E-state index contributed by atoms with van der Waals surface area (Å²) in [4.78, 5) is 13.2. The Bertz CT molecular complexity index is 1070. The van der Waals surface area contributed by atoms with E-state index in [9.17, 15) is 13.2 Å². The van der Waals surface area contributed by atoms with Crippen molar-refractivity contribution >= 4 is 44.4 Å². The third-order valence-electron chi connectivity index (χ3n) is 3.81. The molecule has 1 heterocycles. The first-order chi connectivity index (χ1) is 12.3. The van der Waals surface area contributed by atoms with Crippen LogP contribution in [0, 0.1) is 6.92 Å². The van der Waals surface area contributed by atoms with E-state index >= 15 is 0 Å². The Labute approximate surface area is 161 Å². The van der Waals surface area contributed by atoms with E-state index in [0.717, 1.165) is 16.0 Å². The SMILES string of the molecule is CC(=O)c1sc(-c2ccccc2)cc1NS(=O)(=O)c1ccc(C)c(Cl)c1. The second kappa shape index (κ2) is 7.23. The average Bonchev–Trinajstić information content (AvgIpc) is 3.01. The predicted molar refractivity (Wildman–Crippen MR) is 107 cm³/mol. The van der Waals surface area contributed by atoms with Crippen molar-refractivity contribution in [2.24, 2.45) is 0 Å². The Kier molecular flexibility index (Phi) is 5.18. The molecule has 0 saturated heterocycles. The number of sulfonamides is 1. The number of nitrogens with one attached hydrogen (secondary N) is 1. The van der Waals surface area contributed by atoms with Crippen molar-refractivity contribution in [1.29, 1.82) is 0 Å². The van der Waals surface area contributed by atoms with Crippen molar-refractivity contribution in [3.63, 3.8) is 0 Å². The second-order valence-corrected chi connectivity index (χ2v) is 8.93. The number of hydrogen-bond donors (Lipinski definition) is 1. The summed E-state index contributed by atoms with van der Waals surface area (Å²) >= 11 is 7.30. The molecule has 0 spiro atoms. The van der Waals surface area contributed by atoms with Crippen LogP contribution < -0.4 is 4.72 Å². The maximum atomic E-state index is 12.7. The van der Waals surface area contributed by atoms with Gasteiger partial charge in [0.1, 0.15) is 0 Å². The minimum absolute atomic E-state index is 0.0510. The Hall–Kier alpha value is -2.15. The molecule has 1 N–H and O–H groups in total. The molecule has 0 bridgehead atoms. The number of ketones is 1. The van der Waals surface area contributed by atoms with Crippen LogP contribution in [0.3, 0.4) is 0 Å². The van der Waals surface area contributed by atoms with Crippen molar-refractivity contribution in [3.8, 4) is 10.4 Å². The molecule has 26 heavy (non-hydrogen) atoms. The van der Waals surface area contributed by atoms with Gasteiger partial charge >= 0.3 is 0 Å². The summed E-state index contributed by atoms with van der Waals surface area (Å²) in [5.74, 6) is -0.197. The molecular formula is C19H16ClNO3S2. The number of rotatable bonds is 5. The van der Waals surface area contributed by atoms with E-state index in [-0.39, 0.29) is 16.4 Å². The smallest absolute Gasteiger partial charge is 0.261 e. The minimum Gasteiger partial charge on any atom is -0.294 e. The van der Waals surface area contributed by atoms with Crippen LogP contribution in [0.2, 0.25) is 5.02 Å². The number of hydrogen-bond acceptors (Lipinski definition) is 4. The van der Waals surface area contributed by atoms with Gasteiger partial charge in [0.15, 0.2) is 5.78 Å². The van der Waals surface area contributed by atoms with E-state index in [1.165, 1.54) is 30.4 Å². The first kappa shape index (κ1) is 18.6. The van der Waals surface area contributed by atoms with Crippen LogP contribution in [0.1, 0.15) is 22.2 Å². The maximum absolute atomic E-state index is 12.7. The number of Topliss-reactive ketones (excluding diaryl/α,β-unsaturated/α-hetero) is 1. The monoisotopic (exact) mass is 405 g/mol. The van der Waals surface area contributed by atoms with Gasteiger partial charge in [-0.1, -0.05) is 48.0 Å². The van der Waals surface area contributed by atoms with Gasteiger partial charge in [-0.05, 0) is 36.2 Å². The molecule has 3 aromatic rings. The number of carbonyl (C=O) groups excluding carboxylic acids is 1. The molecule has 134 valence electrons. The molecule has 3 rings (SSSR count). The number of aryl methyl sites for hydroxylation is 1. The molecular weight excluding hydrogens is 390 g/mol. The topological polar surface area (TPSA) is 63.2 Å². The summed E-state index contributed by atoms with van der Waals surface area (Å²) in [6.45, 7) is 3.21. The predicted octanol–water partition coefficient (Wildman–Crippen LogP) is 5.38. The number of benzene rings is 2. The first-order valence-corrected chi connectivity index (χ1v) is 10.4. The zero-order valence-electron chi connectivity index (χ0n) is 14.1. The third kappa shape index (κ3) is 3.82. The van der Waals surface area contributed by atoms with Gasteiger partial charge in [-0.25, -0.2) is 8.42 Å². The summed E-state index contributed by atoms with van der Waals surface area (Å²) < 4.78 is 27.9. The van der Waals surface area contributed by atoms with Gasteiger partial charge in [0, 0.05) is 16.8 Å². The molecule has 0 radical (unpaired) electrons. The van der Waals surface area contributed by atoms with Gasteiger partial charge in [0.25, 0.3) is 10.0 Å². The maximum Gasteiger partial charge on any atom is 0.261 e. The van der Waals surface area contributed by atoms with Gasteiger partial charge in [0.05, 0.1) is 15.5 Å². The van der Waals surface area contributed by atoms with E-state index < -0.39 is 10.0 Å². The van der Waals surface area contributed by atoms with Crippen LogP contribution in [0.15, 0.2) is 59.5 Å². The Morgan fingerprint density at radius 1 is 1.08 bits per heavy atom. The summed E-state index contributed by atoms with van der Waals surface area (Å²) in [6, 6.07) is 15.7. The fraction of sp³-hybridized carbons (Fsp3) is 0.105. The molecule has 0 saturated carbocycles. The van der Waals surface area contributed by atoms with Crippen LogP contribution in [0.5, 0.6) is 0 Å². The quantitative estimate of drug-likeness (QED) is 0.579. The lowest BCUT2D eigenvalue weighted by Gasteiger charge is -2.09. The van der Waals surface area contributed by atoms with Gasteiger partial charge in [-0.3, -0.25) is 9.52 Å². The lowest BCUT2D eigenvalue weighted by atomic mass is 10.2. The summed E-state index contributed by atoms with van der Waals surface area (Å²) in [5.41, 5.74) is 1.99. The summed E-state index contributed by atoms with van der Waals surface area (Å²) in [6.07, 6.45) is 0. The fourth-order valence-electron chi connectivity index (χ4n) is 2.42. The van der Waals surface area contributed by atoms with Crippen molar-refractivity contribution < 1.29 is 13.2 Å². The molecule has 0 aliphatic carbocycles. The zero-order chi connectivity index (χ0) is 18.9. The van der Waals surface area contributed by atoms with Gasteiger partial charge in [-0.15, -0.1) is 11.3 Å². The molecule has 4 nitrogen and oxygen atoms in total. The molecule has 0 aliphatic heterocycles. The van der Waals surface area contributed by atoms with E-state index in [4.69, 9.17) is 11.6 Å². The summed E-state index contributed by atoms with van der Waals surface area (Å²) in [5, 5.41) is 0.370. The average molecular weight is 406 g/mol. The van der Waals surface area contributed by atoms with E-state index in [2.05, 4.69) is 4.72 Å². The van der Waals surface area contributed by atoms with Crippen LogP contribution >= 0.6 is 22.9 Å². The highest BCUT2D eigenvalue weighted by atomic mass is 35.5. The minimum atomic E-state index is -3.86. The van der Waals surface area contributed by atoms with Gasteiger partial charge < -0.3 is 0 Å². The summed E-state index contributed by atoms with van der Waals surface area (Å²) in [7, 11) is -3.86. The third-order valence-corrected chi connectivity index (χ3v) is 6.86. The first-order valence-electron chi connectivity index (χ1n) is 7.77. The largest absolute Gasteiger partial charge is 0.294 e. The highest BCUT2D eigenvalue weighted by molar-refractivity contribution is 7.92. The van der Waals surface area contributed by atoms with Crippen LogP contribution in [0.25, 0.3) is 10.4 Å². The lowest BCUT2D eigenvalue weighted by molar-refractivity contribution is 0.102. The standard InChI is InChI=1S/C19H16ClNO3S2/c1-12-8-9-15(10-16(12)20)26(23,24)21-17-11-18(25-19(17)13(2)22)14-6-4-3-5-7-14/h3-11,21H,1-2H3. The molecule has 0 amide bonds. The van der Waals surface area contributed by atoms with E-state index in [0.29, 0.717) is 9.90 Å². The van der Waals surface area contributed by atoms with E-state index in [1.54, 1.807) is 19.1 Å². The highest BCUT2D eigenvalue weighted by Gasteiger charge is 2.21. The molecule has 0 atom stereocenters. The normalized spacial score (nSPS) is 11.3. The number of halogens is 1. The van der Waals surface area contributed by atoms with Gasteiger partial charge in [-0.2, -0.15) is 0 Å². The Morgan fingerprint density at radius 3 is 2.38 bits per heavy atom. The molecule has 0 aliphatic rings. The number of anilines is 1. The number of carbonyl (C=O) groups is 1. The van der Waals surface area contributed by atoms with Crippen molar-refractivity contribution in [3.05, 3.63) is 70.1 Å². The molecule has 0 unspecified atom stereocenters. The van der Waals surface area contributed by atoms with Crippen LogP contribution in [-0.2, 0) is 10.0 Å². The van der Waals surface area contributed by atoms with Crippen LogP contribution in [0.4, 0.5) is 5.69 Å². The zero-order valence-corrected chi connectivity index (χ0v) is 16.5. The molecule has 2 aromatic carbocycles. The van der Waals surface area contributed by atoms with Crippen molar-refractivity contribution in [2.45, 2.75) is 18.7 Å².